The van der Waals surface area contributed by atoms with Crippen molar-refractivity contribution in [3.8, 4) is 5.75 Å². The number of carbonyl (C=O) groups is 1. The number of ether oxygens (including phenoxy) is 1. The van der Waals surface area contributed by atoms with E-state index >= 15 is 0 Å². The van der Waals surface area contributed by atoms with Gasteiger partial charge in [-0.05, 0) is 50.3 Å². The van der Waals surface area contributed by atoms with Crippen LogP contribution in [-0.4, -0.2) is 25.2 Å². The van der Waals surface area contributed by atoms with Gasteiger partial charge in [-0.15, -0.1) is 0 Å². The molecule has 116 valence electrons. The second kappa shape index (κ2) is 7.91. The van der Waals surface area contributed by atoms with E-state index in [0.717, 1.165) is 30.6 Å². The molecule has 1 aliphatic rings. The van der Waals surface area contributed by atoms with Crippen LogP contribution in [0.25, 0.3) is 0 Å². The van der Waals surface area contributed by atoms with Crippen LogP contribution in [-0.2, 0) is 6.42 Å². The molecule has 4 nitrogen and oxygen atoms in total. The van der Waals surface area contributed by atoms with Crippen molar-refractivity contribution in [1.82, 2.24) is 10.6 Å². The summed E-state index contributed by atoms with van der Waals surface area (Å²) in [4.78, 5) is 11.8. The summed E-state index contributed by atoms with van der Waals surface area (Å²) >= 11 is 0. The topological polar surface area (TPSA) is 50.4 Å². The summed E-state index contributed by atoms with van der Waals surface area (Å²) in [6, 6.07) is 6.53. The molecule has 2 N–H and O–H groups in total. The lowest BCUT2D eigenvalue weighted by Crippen LogP contribution is -2.41. The van der Waals surface area contributed by atoms with E-state index in [1.165, 1.54) is 18.4 Å². The number of rotatable bonds is 6. The quantitative estimate of drug-likeness (QED) is 0.845. The zero-order chi connectivity index (χ0) is 15.1. The largest absolute Gasteiger partial charge is 0.494 e. The molecule has 1 fully saturated rings. The minimum atomic E-state index is -0.0374. The van der Waals surface area contributed by atoms with Gasteiger partial charge in [0.15, 0.2) is 0 Å². The fourth-order valence-corrected chi connectivity index (χ4v) is 2.81. The summed E-state index contributed by atoms with van der Waals surface area (Å²) in [5, 5.41) is 5.97. The Bertz CT molecular complexity index is 468. The van der Waals surface area contributed by atoms with Gasteiger partial charge in [-0.2, -0.15) is 0 Å². The molecule has 2 rings (SSSR count). The summed E-state index contributed by atoms with van der Waals surface area (Å²) < 4.78 is 5.53. The Kier molecular flexibility index (Phi) is 5.90. The normalized spacial score (nSPS) is 15.0. The number of carbonyl (C=O) groups excluding carboxylic acids is 1. The van der Waals surface area contributed by atoms with Gasteiger partial charge in [-0.3, -0.25) is 0 Å². The molecular weight excluding hydrogens is 264 g/mol. The summed E-state index contributed by atoms with van der Waals surface area (Å²) in [6.07, 6.45) is 5.54. The highest BCUT2D eigenvalue weighted by Crippen LogP contribution is 2.19. The Hall–Kier alpha value is -1.71. The number of hydrogen-bond donors (Lipinski definition) is 2. The Morgan fingerprint density at radius 1 is 1.33 bits per heavy atom. The summed E-state index contributed by atoms with van der Waals surface area (Å²) in [5.41, 5.74) is 2.36. The average molecular weight is 290 g/mol. The minimum absolute atomic E-state index is 0.0374. The van der Waals surface area contributed by atoms with Crippen LogP contribution in [0, 0.1) is 6.92 Å². The van der Waals surface area contributed by atoms with Crippen LogP contribution < -0.4 is 15.4 Å². The number of benzene rings is 1. The van der Waals surface area contributed by atoms with Crippen LogP contribution in [0.4, 0.5) is 4.79 Å². The van der Waals surface area contributed by atoms with Gasteiger partial charge >= 0.3 is 6.03 Å². The third kappa shape index (κ3) is 4.96. The smallest absolute Gasteiger partial charge is 0.315 e. The molecule has 0 radical (unpaired) electrons. The van der Waals surface area contributed by atoms with Crippen molar-refractivity contribution in [2.45, 2.75) is 52.0 Å². The molecule has 0 unspecified atom stereocenters. The second-order valence-electron chi connectivity index (χ2n) is 5.66. The lowest BCUT2D eigenvalue weighted by molar-refractivity contribution is 0.237. The van der Waals surface area contributed by atoms with E-state index in [1.807, 2.05) is 13.0 Å². The number of aryl methyl sites for hydroxylation is 1. The third-order valence-electron chi connectivity index (χ3n) is 3.93. The molecule has 1 aromatic carbocycles. The second-order valence-corrected chi connectivity index (χ2v) is 5.66. The fourth-order valence-electron chi connectivity index (χ4n) is 2.81. The Morgan fingerprint density at radius 2 is 2.10 bits per heavy atom. The molecule has 0 bridgehead atoms. The molecule has 1 aromatic rings. The number of hydrogen-bond acceptors (Lipinski definition) is 2. The van der Waals surface area contributed by atoms with Crippen LogP contribution in [0.1, 0.15) is 43.7 Å². The molecule has 1 aliphatic carbocycles. The van der Waals surface area contributed by atoms with Gasteiger partial charge in [-0.1, -0.05) is 25.0 Å². The van der Waals surface area contributed by atoms with Crippen molar-refractivity contribution >= 4 is 6.03 Å². The van der Waals surface area contributed by atoms with Crippen LogP contribution in [0.3, 0.4) is 0 Å². The number of amides is 2. The van der Waals surface area contributed by atoms with Crippen LogP contribution in [0.15, 0.2) is 18.2 Å². The van der Waals surface area contributed by atoms with Gasteiger partial charge in [-0.25, -0.2) is 4.79 Å². The number of urea groups is 1. The molecule has 0 aliphatic heterocycles. The van der Waals surface area contributed by atoms with Gasteiger partial charge in [0.2, 0.25) is 0 Å². The highest BCUT2D eigenvalue weighted by molar-refractivity contribution is 5.74. The Balaban J connectivity index is 1.72. The van der Waals surface area contributed by atoms with E-state index in [4.69, 9.17) is 4.74 Å². The molecule has 4 heteroatoms. The molecule has 0 aromatic heterocycles. The van der Waals surface area contributed by atoms with Crippen molar-refractivity contribution in [1.29, 1.82) is 0 Å². The molecule has 2 amide bonds. The number of nitrogens with one attached hydrogen (secondary N) is 2. The lowest BCUT2D eigenvalue weighted by Gasteiger charge is -2.13. The van der Waals surface area contributed by atoms with E-state index < -0.39 is 0 Å². The van der Waals surface area contributed by atoms with Gasteiger partial charge in [0, 0.05) is 12.6 Å². The molecule has 0 saturated heterocycles. The Morgan fingerprint density at radius 3 is 2.76 bits per heavy atom. The van der Waals surface area contributed by atoms with Crippen LogP contribution in [0.2, 0.25) is 0 Å². The van der Waals surface area contributed by atoms with E-state index in [2.05, 4.69) is 29.7 Å². The maximum absolute atomic E-state index is 11.8. The van der Waals surface area contributed by atoms with Gasteiger partial charge in [0.1, 0.15) is 5.75 Å². The first kappa shape index (κ1) is 15.7. The average Bonchev–Trinajstić information content (AvgIpc) is 2.95. The van der Waals surface area contributed by atoms with Crippen LogP contribution >= 0.6 is 0 Å². The molecule has 21 heavy (non-hydrogen) atoms. The van der Waals surface area contributed by atoms with E-state index in [9.17, 15) is 4.79 Å². The first-order valence-electron chi connectivity index (χ1n) is 7.95. The fraction of sp³-hybridized carbons (Fsp3) is 0.588. The van der Waals surface area contributed by atoms with Crippen molar-refractivity contribution in [3.63, 3.8) is 0 Å². The monoisotopic (exact) mass is 290 g/mol. The van der Waals surface area contributed by atoms with Crippen molar-refractivity contribution in [2.75, 3.05) is 13.2 Å². The maximum Gasteiger partial charge on any atom is 0.315 e. The van der Waals surface area contributed by atoms with Crippen molar-refractivity contribution in [3.05, 3.63) is 29.3 Å². The van der Waals surface area contributed by atoms with E-state index in [0.29, 0.717) is 19.2 Å². The predicted octanol–water partition coefficient (Wildman–Crippen LogP) is 3.18. The highest BCUT2D eigenvalue weighted by Gasteiger charge is 2.16. The molecule has 0 spiro atoms. The summed E-state index contributed by atoms with van der Waals surface area (Å²) in [5.74, 6) is 0.938. The van der Waals surface area contributed by atoms with Crippen molar-refractivity contribution in [2.24, 2.45) is 0 Å². The molecule has 1 saturated carbocycles. The van der Waals surface area contributed by atoms with Crippen molar-refractivity contribution < 1.29 is 9.53 Å². The molecule has 0 atom stereocenters. The summed E-state index contributed by atoms with van der Waals surface area (Å²) in [7, 11) is 0. The first-order chi connectivity index (χ1) is 10.2. The van der Waals surface area contributed by atoms with Gasteiger partial charge in [0.25, 0.3) is 0 Å². The lowest BCUT2D eigenvalue weighted by atomic mass is 10.1. The van der Waals surface area contributed by atoms with E-state index in [-0.39, 0.29) is 6.03 Å². The predicted molar refractivity (Wildman–Crippen MR) is 84.8 cm³/mol. The third-order valence-corrected chi connectivity index (χ3v) is 3.93. The van der Waals surface area contributed by atoms with Crippen LogP contribution in [0.5, 0.6) is 5.75 Å². The SMILES string of the molecule is CCOc1ccc(CCNC(=O)NC2CCCC2)cc1C. The minimum Gasteiger partial charge on any atom is -0.494 e. The standard InChI is InChI=1S/C17H26N2O2/c1-3-21-16-9-8-14(12-13(16)2)10-11-18-17(20)19-15-6-4-5-7-15/h8-9,12,15H,3-7,10-11H2,1-2H3,(H2,18,19,20). The zero-order valence-electron chi connectivity index (χ0n) is 13.1. The zero-order valence-corrected chi connectivity index (χ0v) is 13.1. The Labute approximate surface area is 127 Å². The molecular formula is C17H26N2O2. The first-order valence-corrected chi connectivity index (χ1v) is 7.95. The van der Waals surface area contributed by atoms with E-state index in [1.54, 1.807) is 0 Å². The maximum atomic E-state index is 11.8. The summed E-state index contributed by atoms with van der Waals surface area (Å²) in [6.45, 7) is 5.38. The van der Waals surface area contributed by atoms with Gasteiger partial charge in [0.05, 0.1) is 6.61 Å². The highest BCUT2D eigenvalue weighted by atomic mass is 16.5. The van der Waals surface area contributed by atoms with Gasteiger partial charge < -0.3 is 15.4 Å². The molecule has 0 heterocycles.